The normalized spacial score (nSPS) is 21.8. The molecular weight excluding hydrogens is 300 g/mol. The van der Waals surface area contributed by atoms with Gasteiger partial charge in [0.05, 0.1) is 12.7 Å². The van der Waals surface area contributed by atoms with Crippen LogP contribution in [0.15, 0.2) is 17.4 Å². The molecule has 1 aliphatic carbocycles. The highest BCUT2D eigenvalue weighted by molar-refractivity contribution is 5.80. The number of aromatic nitrogens is 2. The Morgan fingerprint density at radius 1 is 1.38 bits per heavy atom. The lowest BCUT2D eigenvalue weighted by Gasteiger charge is -2.23. The summed E-state index contributed by atoms with van der Waals surface area (Å²) in [6, 6.07) is 0.828. The molecule has 6 heteroatoms. The minimum Gasteiger partial charge on any atom is -0.357 e. The van der Waals surface area contributed by atoms with Crippen molar-refractivity contribution in [2.45, 2.75) is 45.1 Å². The Morgan fingerprint density at radius 2 is 2.21 bits per heavy atom. The Hall–Kier alpha value is -1.56. The molecule has 134 valence electrons. The predicted molar refractivity (Wildman–Crippen MR) is 98.4 cm³/mol. The zero-order valence-corrected chi connectivity index (χ0v) is 15.4. The van der Waals surface area contributed by atoms with Gasteiger partial charge in [-0.1, -0.05) is 6.92 Å². The number of aliphatic imine (C=N–C) groups is 1. The average Bonchev–Trinajstić information content (AvgIpc) is 3.13. The fraction of sp³-hybridized carbons (Fsp3) is 0.778. The Labute approximate surface area is 145 Å². The van der Waals surface area contributed by atoms with Crippen LogP contribution in [0.1, 0.15) is 44.6 Å². The van der Waals surface area contributed by atoms with Crippen LogP contribution in [0.5, 0.6) is 0 Å². The Bertz CT molecular complexity index is 547. The number of likely N-dealkylation sites (N-methyl/N-ethyl adjacent to an activating group) is 1. The van der Waals surface area contributed by atoms with E-state index in [-0.39, 0.29) is 0 Å². The van der Waals surface area contributed by atoms with Crippen LogP contribution in [0.3, 0.4) is 0 Å². The van der Waals surface area contributed by atoms with Crippen molar-refractivity contribution in [2.75, 3.05) is 39.3 Å². The van der Waals surface area contributed by atoms with Crippen molar-refractivity contribution in [3.63, 3.8) is 0 Å². The van der Waals surface area contributed by atoms with Crippen LogP contribution >= 0.6 is 0 Å². The standard InChI is InChI=1S/C18H32N6/c1-4-19-18(20-9-11-23(5-2)17-6-7-17)24-10-8-15(14-24)16-12-21-22(3)13-16/h12-13,15,17H,4-11,14H2,1-3H3,(H,19,20). The molecule has 2 aliphatic rings. The number of nitrogens with one attached hydrogen (secondary N) is 1. The highest BCUT2D eigenvalue weighted by Crippen LogP contribution is 2.27. The number of nitrogens with zero attached hydrogens (tertiary/aromatic N) is 5. The van der Waals surface area contributed by atoms with Crippen molar-refractivity contribution < 1.29 is 0 Å². The van der Waals surface area contributed by atoms with Crippen molar-refractivity contribution in [1.82, 2.24) is 24.9 Å². The van der Waals surface area contributed by atoms with Gasteiger partial charge in [-0.15, -0.1) is 0 Å². The van der Waals surface area contributed by atoms with E-state index in [1.807, 2.05) is 17.9 Å². The number of hydrogen-bond donors (Lipinski definition) is 1. The van der Waals surface area contributed by atoms with Crippen LogP contribution < -0.4 is 5.32 Å². The molecule has 2 fully saturated rings. The summed E-state index contributed by atoms with van der Waals surface area (Å²) in [5.41, 5.74) is 1.35. The predicted octanol–water partition coefficient (Wildman–Crippen LogP) is 1.66. The van der Waals surface area contributed by atoms with Gasteiger partial charge < -0.3 is 10.2 Å². The number of aryl methyl sites for hydroxylation is 1. The molecule has 1 saturated carbocycles. The largest absolute Gasteiger partial charge is 0.357 e. The fourth-order valence-electron chi connectivity index (χ4n) is 3.62. The lowest BCUT2D eigenvalue weighted by atomic mass is 10.0. The van der Waals surface area contributed by atoms with Gasteiger partial charge in [0.1, 0.15) is 0 Å². The van der Waals surface area contributed by atoms with Crippen molar-refractivity contribution in [1.29, 1.82) is 0 Å². The van der Waals surface area contributed by atoms with Crippen molar-refractivity contribution in [3.8, 4) is 0 Å². The van der Waals surface area contributed by atoms with Crippen LogP contribution in [-0.4, -0.2) is 70.9 Å². The molecule has 1 atom stereocenters. The first-order valence-electron chi connectivity index (χ1n) is 9.47. The third kappa shape index (κ3) is 4.29. The number of likely N-dealkylation sites (tertiary alicyclic amines) is 1. The molecular formula is C18H32N6. The Morgan fingerprint density at radius 3 is 2.83 bits per heavy atom. The third-order valence-corrected chi connectivity index (χ3v) is 5.14. The van der Waals surface area contributed by atoms with Gasteiger partial charge in [0.2, 0.25) is 0 Å². The van der Waals surface area contributed by atoms with Gasteiger partial charge in [-0.25, -0.2) is 0 Å². The summed E-state index contributed by atoms with van der Waals surface area (Å²) in [5, 5.41) is 7.79. The fourth-order valence-corrected chi connectivity index (χ4v) is 3.62. The van der Waals surface area contributed by atoms with Gasteiger partial charge in [-0.3, -0.25) is 14.6 Å². The SMILES string of the molecule is CCNC(=NCCN(CC)C1CC1)N1CCC(c2cnn(C)c2)C1. The van der Waals surface area contributed by atoms with Gasteiger partial charge in [0, 0.05) is 51.4 Å². The first kappa shape index (κ1) is 17.3. The maximum atomic E-state index is 4.90. The average molecular weight is 332 g/mol. The number of hydrogen-bond acceptors (Lipinski definition) is 3. The summed E-state index contributed by atoms with van der Waals surface area (Å²) in [6.45, 7) is 10.6. The van der Waals surface area contributed by atoms with Crippen molar-refractivity contribution in [2.24, 2.45) is 12.0 Å². The van der Waals surface area contributed by atoms with Crippen LogP contribution in [0.4, 0.5) is 0 Å². The minimum absolute atomic E-state index is 0.571. The van der Waals surface area contributed by atoms with E-state index in [4.69, 9.17) is 4.99 Å². The summed E-state index contributed by atoms with van der Waals surface area (Å²) < 4.78 is 1.90. The third-order valence-electron chi connectivity index (χ3n) is 5.14. The van der Waals surface area contributed by atoms with E-state index in [1.165, 1.54) is 24.8 Å². The first-order valence-corrected chi connectivity index (χ1v) is 9.47. The van der Waals surface area contributed by atoms with Gasteiger partial charge in [-0.2, -0.15) is 5.10 Å². The molecule has 3 rings (SSSR count). The minimum atomic E-state index is 0.571. The molecule has 0 amide bonds. The number of rotatable bonds is 7. The van der Waals surface area contributed by atoms with Crippen LogP contribution in [0.2, 0.25) is 0 Å². The molecule has 1 N–H and O–H groups in total. The summed E-state index contributed by atoms with van der Waals surface area (Å²) in [4.78, 5) is 9.87. The molecule has 0 bridgehead atoms. The van der Waals surface area contributed by atoms with Gasteiger partial charge in [0.15, 0.2) is 5.96 Å². The molecule has 6 nitrogen and oxygen atoms in total. The van der Waals surface area contributed by atoms with Gasteiger partial charge in [0.25, 0.3) is 0 Å². The second kappa shape index (κ2) is 8.01. The smallest absolute Gasteiger partial charge is 0.193 e. The van der Waals surface area contributed by atoms with E-state index in [0.29, 0.717) is 5.92 Å². The summed E-state index contributed by atoms with van der Waals surface area (Å²) in [6.07, 6.45) is 8.08. The van der Waals surface area contributed by atoms with E-state index in [1.54, 1.807) is 0 Å². The van der Waals surface area contributed by atoms with Crippen molar-refractivity contribution >= 4 is 5.96 Å². The monoisotopic (exact) mass is 332 g/mol. The highest BCUT2D eigenvalue weighted by atomic mass is 15.3. The van der Waals surface area contributed by atoms with E-state index in [2.05, 4.69) is 40.3 Å². The summed E-state index contributed by atoms with van der Waals surface area (Å²) in [7, 11) is 1.99. The lowest BCUT2D eigenvalue weighted by Crippen LogP contribution is -2.40. The molecule has 2 heterocycles. The zero-order chi connectivity index (χ0) is 16.9. The molecule has 1 aromatic heterocycles. The molecule has 1 unspecified atom stereocenters. The highest BCUT2D eigenvalue weighted by Gasteiger charge is 2.28. The van der Waals surface area contributed by atoms with Gasteiger partial charge in [-0.05, 0) is 38.3 Å². The van der Waals surface area contributed by atoms with E-state index < -0.39 is 0 Å². The molecule has 0 spiro atoms. The van der Waals surface area contributed by atoms with Crippen LogP contribution in [0, 0.1) is 0 Å². The summed E-state index contributed by atoms with van der Waals surface area (Å²) >= 11 is 0. The second-order valence-corrected chi connectivity index (χ2v) is 6.97. The van der Waals surface area contributed by atoms with Crippen molar-refractivity contribution in [3.05, 3.63) is 18.0 Å². The molecule has 1 saturated heterocycles. The zero-order valence-electron chi connectivity index (χ0n) is 15.4. The summed E-state index contributed by atoms with van der Waals surface area (Å²) in [5.74, 6) is 1.65. The van der Waals surface area contributed by atoms with E-state index in [9.17, 15) is 0 Å². The van der Waals surface area contributed by atoms with E-state index in [0.717, 1.165) is 51.3 Å². The molecule has 0 aromatic carbocycles. The van der Waals surface area contributed by atoms with Crippen LogP contribution in [-0.2, 0) is 7.05 Å². The lowest BCUT2D eigenvalue weighted by molar-refractivity contribution is 0.285. The second-order valence-electron chi connectivity index (χ2n) is 6.97. The maximum Gasteiger partial charge on any atom is 0.193 e. The number of guanidine groups is 1. The Kier molecular flexibility index (Phi) is 5.76. The quantitative estimate of drug-likeness (QED) is 0.609. The molecule has 0 radical (unpaired) electrons. The Balaban J connectivity index is 1.55. The molecule has 24 heavy (non-hydrogen) atoms. The first-order chi connectivity index (χ1) is 11.7. The maximum absolute atomic E-state index is 4.90. The molecule has 1 aliphatic heterocycles. The van der Waals surface area contributed by atoms with Gasteiger partial charge >= 0.3 is 0 Å². The van der Waals surface area contributed by atoms with E-state index >= 15 is 0 Å². The topological polar surface area (TPSA) is 48.7 Å². The molecule has 1 aromatic rings. The van der Waals surface area contributed by atoms with Crippen LogP contribution in [0.25, 0.3) is 0 Å².